The van der Waals surface area contributed by atoms with E-state index in [1.807, 2.05) is 25.7 Å². The van der Waals surface area contributed by atoms with Crippen LogP contribution in [0.15, 0.2) is 48.5 Å². The predicted molar refractivity (Wildman–Crippen MR) is 176 cm³/mol. The molecule has 0 aromatic heterocycles. The van der Waals surface area contributed by atoms with Crippen LogP contribution in [0.3, 0.4) is 0 Å². The van der Waals surface area contributed by atoms with Crippen LogP contribution in [0.4, 0.5) is 4.79 Å². The minimum Gasteiger partial charge on any atom is -0.444 e. The molecule has 0 bridgehead atoms. The summed E-state index contributed by atoms with van der Waals surface area (Å²) in [6, 6.07) is 19.2. The van der Waals surface area contributed by atoms with Crippen LogP contribution in [0.1, 0.15) is 68.7 Å². The molecule has 2 aromatic rings. The number of ether oxygens (including phenoxy) is 1. The molecule has 0 spiro atoms. The lowest BCUT2D eigenvalue weighted by atomic mass is 10.0. The van der Waals surface area contributed by atoms with Crippen LogP contribution in [0.2, 0.25) is 0 Å². The summed E-state index contributed by atoms with van der Waals surface area (Å²) in [7, 11) is 4.52. The third-order valence-electron chi connectivity index (χ3n) is 10.4. The summed E-state index contributed by atoms with van der Waals surface area (Å²) in [6.07, 6.45) is 5.00. The minimum atomic E-state index is -0.411. The van der Waals surface area contributed by atoms with Crippen molar-refractivity contribution in [2.75, 3.05) is 40.3 Å². The fraction of sp³-hybridized carbons (Fsp3) is 0.649. The second-order valence-electron chi connectivity index (χ2n) is 15.1. The molecule has 4 fully saturated rings. The maximum Gasteiger partial charge on any atom is 0.410 e. The molecule has 1 N–H and O–H groups in total. The number of carbonyl (C=O) groups excluding carboxylic acids is 1. The van der Waals surface area contributed by atoms with E-state index < -0.39 is 5.60 Å². The molecule has 2 unspecified atom stereocenters. The first kappa shape index (κ1) is 32.0. The Morgan fingerprint density at radius 3 is 1.53 bits per heavy atom. The van der Waals surface area contributed by atoms with Crippen LogP contribution in [-0.4, -0.2) is 78.8 Å². The van der Waals surface area contributed by atoms with Gasteiger partial charge in [0.2, 0.25) is 0 Å². The Hall–Kier alpha value is -2.41. The molecule has 0 radical (unpaired) electrons. The molecule has 6 heteroatoms. The number of nitrogens with one attached hydrogen (secondary N) is 1. The number of fused-ring (bicyclic) bond motifs is 2. The average Bonchev–Trinajstić information content (AvgIpc) is 3.71. The first-order valence-electron chi connectivity index (χ1n) is 16.6. The van der Waals surface area contributed by atoms with Crippen molar-refractivity contribution in [2.24, 2.45) is 23.7 Å². The lowest BCUT2D eigenvalue weighted by molar-refractivity contribution is 0.0275. The van der Waals surface area contributed by atoms with Crippen molar-refractivity contribution >= 4 is 6.09 Å². The van der Waals surface area contributed by atoms with Crippen LogP contribution < -0.4 is 5.32 Å². The highest BCUT2D eigenvalue weighted by Gasteiger charge is 2.44. The normalized spacial score (nSPS) is 28.2. The van der Waals surface area contributed by atoms with E-state index in [2.05, 4.69) is 91.6 Å². The number of carbonyl (C=O) groups is 1. The Labute approximate surface area is 261 Å². The molecule has 2 heterocycles. The molecule has 2 saturated carbocycles. The zero-order valence-corrected chi connectivity index (χ0v) is 27.8. The third-order valence-corrected chi connectivity index (χ3v) is 10.4. The zero-order valence-electron chi connectivity index (χ0n) is 27.8. The molecule has 236 valence electrons. The summed E-state index contributed by atoms with van der Waals surface area (Å²) >= 11 is 0. The Bertz CT molecular complexity index is 1160. The second-order valence-corrected chi connectivity index (χ2v) is 15.1. The first-order valence-corrected chi connectivity index (χ1v) is 16.6. The summed E-state index contributed by atoms with van der Waals surface area (Å²) in [5, 5.41) is 3.52. The van der Waals surface area contributed by atoms with Gasteiger partial charge in [0.1, 0.15) is 5.60 Å². The Balaban J connectivity index is 0.000000180. The largest absolute Gasteiger partial charge is 0.444 e. The summed E-state index contributed by atoms with van der Waals surface area (Å²) < 4.78 is 5.53. The Morgan fingerprint density at radius 1 is 0.744 bits per heavy atom. The number of hydrogen-bond donors (Lipinski definition) is 1. The van der Waals surface area contributed by atoms with Crippen LogP contribution in [0, 0.1) is 37.5 Å². The fourth-order valence-electron chi connectivity index (χ4n) is 7.82. The van der Waals surface area contributed by atoms with Crippen molar-refractivity contribution in [2.45, 2.75) is 91.1 Å². The van der Waals surface area contributed by atoms with Gasteiger partial charge in [0, 0.05) is 38.3 Å². The van der Waals surface area contributed by atoms with Crippen LogP contribution in [-0.2, 0) is 17.8 Å². The summed E-state index contributed by atoms with van der Waals surface area (Å²) in [6.45, 7) is 16.4. The van der Waals surface area contributed by atoms with Gasteiger partial charge in [0.25, 0.3) is 0 Å². The van der Waals surface area contributed by atoms with E-state index in [9.17, 15) is 4.79 Å². The van der Waals surface area contributed by atoms with Crippen molar-refractivity contribution in [1.82, 2.24) is 20.0 Å². The SMILES string of the molecule is Cc1ccc(CN(C)C2C[C@@H]3CN(C(=O)OC(C)(C)C)C[C@@H]3C2)cc1.Cc1ccc(CN(C)C2C[C@H]3CNC[C@H]3C2)cc1. The molecular weight excluding hydrogens is 532 g/mol. The molecule has 2 saturated heterocycles. The van der Waals surface area contributed by atoms with Crippen molar-refractivity contribution in [3.63, 3.8) is 0 Å². The molecule has 43 heavy (non-hydrogen) atoms. The highest BCUT2D eigenvalue weighted by molar-refractivity contribution is 5.68. The monoisotopic (exact) mass is 588 g/mol. The number of amides is 1. The lowest BCUT2D eigenvalue weighted by Crippen LogP contribution is -2.37. The molecule has 6 nitrogen and oxygen atoms in total. The summed E-state index contributed by atoms with van der Waals surface area (Å²) in [4.78, 5) is 19.2. The van der Waals surface area contributed by atoms with Gasteiger partial charge >= 0.3 is 6.09 Å². The van der Waals surface area contributed by atoms with Gasteiger partial charge in [-0.2, -0.15) is 0 Å². The van der Waals surface area contributed by atoms with Gasteiger partial charge < -0.3 is 15.0 Å². The maximum absolute atomic E-state index is 12.3. The Morgan fingerprint density at radius 2 is 1.14 bits per heavy atom. The summed E-state index contributed by atoms with van der Waals surface area (Å²) in [5.41, 5.74) is 5.07. The van der Waals surface area contributed by atoms with Gasteiger partial charge in [-0.25, -0.2) is 4.79 Å². The lowest BCUT2D eigenvalue weighted by Gasteiger charge is -2.28. The van der Waals surface area contributed by atoms with Crippen molar-refractivity contribution < 1.29 is 9.53 Å². The number of nitrogens with zero attached hydrogens (tertiary/aromatic N) is 3. The molecular formula is C37H56N4O2. The standard InChI is InChI=1S/C21H32N2O2.C16H24N2/c1-15-6-8-16(9-7-15)12-22(5)19-10-17-13-23(14-18(17)11-19)20(24)25-21(2,3)4;1-12-3-5-13(6-4-12)11-18(2)16-7-14-9-17-10-15(14)8-16/h6-9,17-19H,10-14H2,1-5H3;3-6,14-17H,7-11H2,1-2H3/t17-,18+,19?;14-,15+,16?. The number of rotatable bonds is 6. The number of aryl methyl sites for hydroxylation is 2. The molecule has 1 amide bonds. The van der Waals surface area contributed by atoms with Gasteiger partial charge in [-0.05, 0) is 122 Å². The van der Waals surface area contributed by atoms with E-state index in [0.29, 0.717) is 17.9 Å². The van der Waals surface area contributed by atoms with Crippen molar-refractivity contribution in [3.8, 4) is 0 Å². The molecule has 6 rings (SSSR count). The van der Waals surface area contributed by atoms with Gasteiger partial charge in [-0.3, -0.25) is 9.80 Å². The first-order chi connectivity index (χ1) is 20.4. The number of hydrogen-bond acceptors (Lipinski definition) is 5. The van der Waals surface area contributed by atoms with Crippen molar-refractivity contribution in [1.29, 1.82) is 0 Å². The highest BCUT2D eigenvalue weighted by Crippen LogP contribution is 2.41. The molecule has 2 aliphatic heterocycles. The van der Waals surface area contributed by atoms with Crippen molar-refractivity contribution in [3.05, 3.63) is 70.8 Å². The van der Waals surface area contributed by atoms with E-state index in [1.165, 1.54) is 61.0 Å². The average molecular weight is 589 g/mol. The van der Waals surface area contributed by atoms with E-state index >= 15 is 0 Å². The third kappa shape index (κ3) is 8.61. The number of likely N-dealkylation sites (tertiary alicyclic amines) is 1. The van der Waals surface area contributed by atoms with E-state index in [0.717, 1.165) is 44.1 Å². The van der Waals surface area contributed by atoms with Gasteiger partial charge in [-0.15, -0.1) is 0 Å². The van der Waals surface area contributed by atoms with Gasteiger partial charge in [-0.1, -0.05) is 59.7 Å². The smallest absolute Gasteiger partial charge is 0.410 e. The fourth-order valence-corrected chi connectivity index (χ4v) is 7.82. The molecule has 6 atom stereocenters. The van der Waals surface area contributed by atoms with Gasteiger partial charge in [0.05, 0.1) is 0 Å². The van der Waals surface area contributed by atoms with E-state index in [-0.39, 0.29) is 6.09 Å². The molecule has 4 aliphatic rings. The summed E-state index contributed by atoms with van der Waals surface area (Å²) in [5.74, 6) is 3.13. The van der Waals surface area contributed by atoms with Crippen LogP contribution in [0.5, 0.6) is 0 Å². The number of benzene rings is 2. The van der Waals surface area contributed by atoms with Gasteiger partial charge in [0.15, 0.2) is 0 Å². The van der Waals surface area contributed by atoms with Crippen LogP contribution in [0.25, 0.3) is 0 Å². The minimum absolute atomic E-state index is 0.147. The Kier molecular flexibility index (Phi) is 10.2. The molecule has 2 aliphatic carbocycles. The quantitative estimate of drug-likeness (QED) is 0.418. The van der Waals surface area contributed by atoms with Crippen LogP contribution >= 0.6 is 0 Å². The molecule has 2 aromatic carbocycles. The zero-order chi connectivity index (χ0) is 30.7. The second kappa shape index (κ2) is 13.7. The maximum atomic E-state index is 12.3. The topological polar surface area (TPSA) is 48.1 Å². The van der Waals surface area contributed by atoms with E-state index in [1.54, 1.807) is 0 Å². The highest BCUT2D eigenvalue weighted by atomic mass is 16.6. The predicted octanol–water partition coefficient (Wildman–Crippen LogP) is 6.50. The van der Waals surface area contributed by atoms with E-state index in [4.69, 9.17) is 4.74 Å².